The minimum Gasteiger partial charge on any atom is -0.364 e. The number of rotatable bonds is 8. The molecular formula is C21H32N6O3S. The molecule has 3 rings (SSSR count). The molecule has 0 bridgehead atoms. The first-order chi connectivity index (χ1) is 14.9. The number of nitrogens with one attached hydrogen (secondary N) is 1. The minimum absolute atomic E-state index is 0.137. The lowest BCUT2D eigenvalue weighted by Gasteiger charge is -2.36. The van der Waals surface area contributed by atoms with Crippen molar-refractivity contribution >= 4 is 16.0 Å². The number of guanidine groups is 1. The van der Waals surface area contributed by atoms with Gasteiger partial charge in [-0.15, -0.1) is 0 Å². The molecular weight excluding hydrogens is 416 g/mol. The van der Waals surface area contributed by atoms with Gasteiger partial charge < -0.3 is 14.7 Å². The summed E-state index contributed by atoms with van der Waals surface area (Å²) in [7, 11) is 0.458. The Morgan fingerprint density at radius 1 is 1.23 bits per heavy atom. The van der Waals surface area contributed by atoms with Crippen LogP contribution in [-0.2, 0) is 22.3 Å². The van der Waals surface area contributed by atoms with Crippen molar-refractivity contribution in [3.8, 4) is 0 Å². The summed E-state index contributed by atoms with van der Waals surface area (Å²) in [4.78, 5) is 8.80. The zero-order valence-electron chi connectivity index (χ0n) is 18.4. The molecule has 1 aromatic carbocycles. The summed E-state index contributed by atoms with van der Waals surface area (Å²) in [6, 6.07) is 12.3. The van der Waals surface area contributed by atoms with Crippen LogP contribution in [0.1, 0.15) is 18.2 Å². The Hall–Kier alpha value is -2.43. The van der Waals surface area contributed by atoms with Gasteiger partial charge in [-0.25, -0.2) is 8.42 Å². The van der Waals surface area contributed by atoms with Gasteiger partial charge in [0.25, 0.3) is 0 Å². The molecule has 9 nitrogen and oxygen atoms in total. The van der Waals surface area contributed by atoms with Crippen LogP contribution in [0.2, 0.25) is 0 Å². The maximum Gasteiger partial charge on any atom is 0.220 e. The van der Waals surface area contributed by atoms with Crippen molar-refractivity contribution in [3.63, 3.8) is 0 Å². The highest BCUT2D eigenvalue weighted by atomic mass is 32.2. The van der Waals surface area contributed by atoms with E-state index in [-0.39, 0.29) is 5.75 Å². The van der Waals surface area contributed by atoms with Crippen molar-refractivity contribution in [2.24, 2.45) is 4.99 Å². The van der Waals surface area contributed by atoms with Crippen LogP contribution in [0.5, 0.6) is 0 Å². The molecule has 1 unspecified atom stereocenters. The van der Waals surface area contributed by atoms with Gasteiger partial charge in [0.2, 0.25) is 10.0 Å². The molecule has 0 saturated carbocycles. The first-order valence-corrected chi connectivity index (χ1v) is 12.1. The molecule has 2 heterocycles. The normalized spacial score (nSPS) is 17.2. The van der Waals surface area contributed by atoms with E-state index >= 15 is 0 Å². The Labute approximate surface area is 184 Å². The first-order valence-electron chi connectivity index (χ1n) is 10.5. The lowest BCUT2D eigenvalue weighted by molar-refractivity contribution is 0.238. The predicted molar refractivity (Wildman–Crippen MR) is 121 cm³/mol. The molecule has 0 aliphatic carbocycles. The van der Waals surface area contributed by atoms with Crippen LogP contribution in [0, 0.1) is 0 Å². The van der Waals surface area contributed by atoms with Crippen molar-refractivity contribution in [3.05, 3.63) is 53.9 Å². The molecule has 1 aliphatic rings. The van der Waals surface area contributed by atoms with Crippen molar-refractivity contribution in [2.75, 3.05) is 46.8 Å². The quantitative estimate of drug-likeness (QED) is 0.479. The zero-order chi connectivity index (χ0) is 22.3. The first kappa shape index (κ1) is 23.2. The maximum atomic E-state index is 12.6. The van der Waals surface area contributed by atoms with Crippen LogP contribution in [0.3, 0.4) is 0 Å². The lowest BCUT2D eigenvalue weighted by Crippen LogP contribution is -2.55. The molecule has 1 aliphatic heterocycles. The van der Waals surface area contributed by atoms with E-state index in [1.54, 1.807) is 13.1 Å². The van der Waals surface area contributed by atoms with E-state index in [1.165, 1.54) is 16.1 Å². The lowest BCUT2D eigenvalue weighted by atomic mass is 10.2. The smallest absolute Gasteiger partial charge is 0.220 e. The number of nitrogens with zero attached hydrogens (tertiary/aromatic N) is 5. The number of benzene rings is 1. The molecule has 1 saturated heterocycles. The summed E-state index contributed by atoms with van der Waals surface area (Å²) >= 11 is 0. The molecule has 2 aromatic rings. The predicted octanol–water partition coefficient (Wildman–Crippen LogP) is 1.22. The molecule has 170 valence electrons. The van der Waals surface area contributed by atoms with Crippen LogP contribution in [0.15, 0.2) is 52.2 Å². The van der Waals surface area contributed by atoms with E-state index in [4.69, 9.17) is 4.52 Å². The van der Waals surface area contributed by atoms with Crippen molar-refractivity contribution in [1.82, 2.24) is 24.6 Å². The van der Waals surface area contributed by atoms with Gasteiger partial charge in [0.15, 0.2) is 5.96 Å². The molecule has 31 heavy (non-hydrogen) atoms. The van der Waals surface area contributed by atoms with Gasteiger partial charge in [-0.1, -0.05) is 35.5 Å². The van der Waals surface area contributed by atoms with Crippen LogP contribution < -0.4 is 5.32 Å². The van der Waals surface area contributed by atoms with Gasteiger partial charge in [-0.2, -0.15) is 4.31 Å². The zero-order valence-corrected chi connectivity index (χ0v) is 19.3. The molecule has 10 heteroatoms. The topological polar surface area (TPSA) is 94.3 Å². The highest BCUT2D eigenvalue weighted by Gasteiger charge is 2.29. The summed E-state index contributed by atoms with van der Waals surface area (Å²) in [5.41, 5.74) is 1.71. The second-order valence-electron chi connectivity index (χ2n) is 7.81. The van der Waals surface area contributed by atoms with E-state index in [0.717, 1.165) is 19.0 Å². The van der Waals surface area contributed by atoms with E-state index in [1.807, 2.05) is 6.07 Å². The molecule has 1 atom stereocenters. The van der Waals surface area contributed by atoms with Crippen molar-refractivity contribution < 1.29 is 12.9 Å². The molecule has 0 amide bonds. The number of aromatic nitrogens is 1. The third-order valence-corrected chi connectivity index (χ3v) is 7.36. The van der Waals surface area contributed by atoms with Crippen molar-refractivity contribution in [2.45, 2.75) is 25.3 Å². The highest BCUT2D eigenvalue weighted by molar-refractivity contribution is 7.88. The Kier molecular flexibility index (Phi) is 8.05. The summed E-state index contributed by atoms with van der Waals surface area (Å²) in [5.74, 6) is 0.662. The second kappa shape index (κ2) is 10.7. The summed E-state index contributed by atoms with van der Waals surface area (Å²) in [6.45, 7) is 5.83. The third kappa shape index (κ3) is 6.52. The standard InChI is InChI=1S/C21H32N6O3S/c1-18(25(3)16-19-7-5-4-6-8-19)15-23-21(22-2)26-10-12-27(13-11-26)31(28,29)17-20-9-14-30-24-20/h4-9,14,18H,10-13,15-17H2,1-3H3,(H,22,23). The SMILES string of the molecule is CN=C(NCC(C)N(C)Cc1ccccc1)N1CCN(S(=O)(=O)Cc2ccon2)CC1. The summed E-state index contributed by atoms with van der Waals surface area (Å²) < 4.78 is 31.5. The Morgan fingerprint density at radius 3 is 2.55 bits per heavy atom. The Morgan fingerprint density at radius 2 is 1.94 bits per heavy atom. The maximum absolute atomic E-state index is 12.6. The van der Waals surface area contributed by atoms with Crippen LogP contribution in [-0.4, -0.2) is 86.5 Å². The van der Waals surface area contributed by atoms with E-state index in [9.17, 15) is 8.42 Å². The van der Waals surface area contributed by atoms with Gasteiger partial charge in [0.1, 0.15) is 12.0 Å². The van der Waals surface area contributed by atoms with Gasteiger partial charge in [0.05, 0.1) is 5.69 Å². The largest absolute Gasteiger partial charge is 0.364 e. The average molecular weight is 449 g/mol. The number of aliphatic imine (C=N–C) groups is 1. The fraction of sp³-hybridized carbons (Fsp3) is 0.524. The summed E-state index contributed by atoms with van der Waals surface area (Å²) in [5, 5.41) is 7.15. The highest BCUT2D eigenvalue weighted by Crippen LogP contribution is 2.13. The molecule has 1 fully saturated rings. The Bertz CT molecular complexity index is 925. The molecule has 1 aromatic heterocycles. The average Bonchev–Trinajstić information content (AvgIpc) is 3.27. The van der Waals surface area contributed by atoms with E-state index < -0.39 is 10.0 Å². The fourth-order valence-corrected chi connectivity index (χ4v) is 4.95. The van der Waals surface area contributed by atoms with Gasteiger partial charge in [0, 0.05) is 58.4 Å². The van der Waals surface area contributed by atoms with Gasteiger partial charge in [-0.05, 0) is 19.5 Å². The van der Waals surface area contributed by atoms with Crippen LogP contribution >= 0.6 is 0 Å². The number of hydrogen-bond donors (Lipinski definition) is 1. The van der Waals surface area contributed by atoms with Crippen LogP contribution in [0.25, 0.3) is 0 Å². The molecule has 0 spiro atoms. The third-order valence-electron chi connectivity index (χ3n) is 5.55. The Balaban J connectivity index is 1.46. The fourth-order valence-electron chi connectivity index (χ4n) is 3.52. The number of hydrogen-bond acceptors (Lipinski definition) is 6. The van der Waals surface area contributed by atoms with E-state index in [0.29, 0.717) is 37.9 Å². The molecule has 1 N–H and O–H groups in total. The van der Waals surface area contributed by atoms with Gasteiger partial charge in [-0.3, -0.25) is 9.89 Å². The second-order valence-corrected chi connectivity index (χ2v) is 9.78. The molecule has 0 radical (unpaired) electrons. The van der Waals surface area contributed by atoms with E-state index in [2.05, 4.69) is 63.5 Å². The minimum atomic E-state index is -3.41. The van der Waals surface area contributed by atoms with Crippen LogP contribution in [0.4, 0.5) is 0 Å². The number of sulfonamides is 1. The number of piperazine rings is 1. The van der Waals surface area contributed by atoms with Crippen molar-refractivity contribution in [1.29, 1.82) is 0 Å². The van der Waals surface area contributed by atoms with Gasteiger partial charge >= 0.3 is 0 Å². The summed E-state index contributed by atoms with van der Waals surface area (Å²) in [6.07, 6.45) is 1.39. The number of likely N-dealkylation sites (N-methyl/N-ethyl adjacent to an activating group) is 1. The monoisotopic (exact) mass is 448 g/mol.